The van der Waals surface area contributed by atoms with Crippen LogP contribution in [0.2, 0.25) is 0 Å². The highest BCUT2D eigenvalue weighted by Crippen LogP contribution is 2.28. The van der Waals surface area contributed by atoms with E-state index in [9.17, 15) is 14.0 Å². The average Bonchev–Trinajstić information content (AvgIpc) is 3.17. The molecule has 1 atom stereocenters. The predicted molar refractivity (Wildman–Crippen MR) is 105 cm³/mol. The number of esters is 1. The first-order chi connectivity index (χ1) is 14.0. The Morgan fingerprint density at radius 3 is 2.72 bits per heavy atom. The van der Waals surface area contributed by atoms with E-state index < -0.39 is 5.82 Å². The molecule has 3 rings (SSSR count). The van der Waals surface area contributed by atoms with Gasteiger partial charge in [-0.25, -0.2) is 4.39 Å². The van der Waals surface area contributed by atoms with Crippen molar-refractivity contribution >= 4 is 11.9 Å². The summed E-state index contributed by atoms with van der Waals surface area (Å²) in [7, 11) is 1.48. The van der Waals surface area contributed by atoms with E-state index in [1.165, 1.54) is 13.2 Å². The van der Waals surface area contributed by atoms with Crippen LogP contribution in [0.4, 0.5) is 4.39 Å². The summed E-state index contributed by atoms with van der Waals surface area (Å²) < 4.78 is 26.3. The van der Waals surface area contributed by atoms with E-state index in [4.69, 9.17) is 9.47 Å². The number of carbonyl (C=O) groups is 2. The number of benzene rings is 1. The maximum atomic E-state index is 14.5. The van der Waals surface area contributed by atoms with Gasteiger partial charge in [-0.1, -0.05) is 0 Å². The molecule has 1 fully saturated rings. The summed E-state index contributed by atoms with van der Waals surface area (Å²) >= 11 is 0. The number of methoxy groups -OCH3 is 1. The van der Waals surface area contributed by atoms with Crippen molar-refractivity contribution in [3.05, 3.63) is 35.8 Å². The summed E-state index contributed by atoms with van der Waals surface area (Å²) in [5.41, 5.74) is 1.11. The normalized spacial score (nSPS) is 16.6. The lowest BCUT2D eigenvalue weighted by molar-refractivity contribution is -0.149. The number of amides is 1. The highest BCUT2D eigenvalue weighted by molar-refractivity contribution is 5.94. The summed E-state index contributed by atoms with van der Waals surface area (Å²) in [4.78, 5) is 26.7. The highest BCUT2D eigenvalue weighted by atomic mass is 19.1. The average molecular weight is 403 g/mol. The summed E-state index contributed by atoms with van der Waals surface area (Å²) in [6, 6.07) is 6.19. The smallest absolute Gasteiger partial charge is 0.310 e. The van der Waals surface area contributed by atoms with E-state index in [0.717, 1.165) is 6.42 Å². The molecule has 156 valence electrons. The minimum absolute atomic E-state index is 0.238. The second kappa shape index (κ2) is 9.07. The molecule has 8 heteroatoms. The number of hydrogen-bond acceptors (Lipinski definition) is 5. The monoisotopic (exact) mass is 403 g/mol. The zero-order valence-corrected chi connectivity index (χ0v) is 17.0. The Hall–Kier alpha value is -2.90. The van der Waals surface area contributed by atoms with Crippen LogP contribution in [-0.4, -0.2) is 53.4 Å². The number of carbonyl (C=O) groups excluding carboxylic acids is 2. The van der Waals surface area contributed by atoms with Gasteiger partial charge in [-0.05, 0) is 44.9 Å². The van der Waals surface area contributed by atoms with Gasteiger partial charge in [0.15, 0.2) is 5.69 Å². The van der Waals surface area contributed by atoms with Gasteiger partial charge in [0.25, 0.3) is 5.91 Å². The molecule has 1 aromatic heterocycles. The number of aromatic nitrogens is 2. The maximum absolute atomic E-state index is 14.5. The molecule has 1 amide bonds. The molecule has 2 heterocycles. The molecule has 1 unspecified atom stereocenters. The summed E-state index contributed by atoms with van der Waals surface area (Å²) in [6.07, 6.45) is 1.43. The van der Waals surface area contributed by atoms with Crippen molar-refractivity contribution in [3.8, 4) is 17.0 Å². The Balaban J connectivity index is 1.84. The molecule has 0 bridgehead atoms. The number of halogens is 1. The molecule has 1 aliphatic rings. The quantitative estimate of drug-likeness (QED) is 0.693. The van der Waals surface area contributed by atoms with Crippen LogP contribution >= 0.6 is 0 Å². The Morgan fingerprint density at radius 2 is 2.07 bits per heavy atom. The molecular weight excluding hydrogens is 377 g/mol. The van der Waals surface area contributed by atoms with Crippen molar-refractivity contribution in [2.24, 2.45) is 5.92 Å². The molecule has 2 aromatic rings. The van der Waals surface area contributed by atoms with Gasteiger partial charge in [0.05, 0.1) is 25.3 Å². The van der Waals surface area contributed by atoms with E-state index in [0.29, 0.717) is 49.7 Å². The zero-order chi connectivity index (χ0) is 21.0. The zero-order valence-electron chi connectivity index (χ0n) is 17.0. The first-order valence-corrected chi connectivity index (χ1v) is 9.86. The third kappa shape index (κ3) is 4.41. The van der Waals surface area contributed by atoms with Crippen LogP contribution in [0.3, 0.4) is 0 Å². The van der Waals surface area contributed by atoms with Crippen LogP contribution < -0.4 is 4.74 Å². The van der Waals surface area contributed by atoms with Gasteiger partial charge in [-0.3, -0.25) is 14.3 Å². The Morgan fingerprint density at radius 1 is 1.28 bits per heavy atom. The number of rotatable bonds is 6. The maximum Gasteiger partial charge on any atom is 0.310 e. The van der Waals surface area contributed by atoms with Gasteiger partial charge in [0, 0.05) is 31.3 Å². The lowest BCUT2D eigenvalue weighted by Crippen LogP contribution is -2.43. The second-order valence-electron chi connectivity index (χ2n) is 6.92. The second-order valence-corrected chi connectivity index (χ2v) is 6.92. The largest absolute Gasteiger partial charge is 0.497 e. The van der Waals surface area contributed by atoms with Gasteiger partial charge in [0.1, 0.15) is 11.6 Å². The Labute approximate surface area is 169 Å². The standard InChI is InChI=1S/C21H26FN3O4/c1-4-25-19(16-9-8-15(28-3)11-17(16)22)12-18(23-25)20(26)24-10-6-7-14(13-24)21(27)29-5-2/h8-9,11-12,14H,4-7,10,13H2,1-3H3. The molecule has 7 nitrogen and oxygen atoms in total. The minimum Gasteiger partial charge on any atom is -0.497 e. The topological polar surface area (TPSA) is 73.7 Å². The van der Waals surface area contributed by atoms with Gasteiger partial charge in [0.2, 0.25) is 0 Å². The van der Waals surface area contributed by atoms with Crippen LogP contribution in [0.1, 0.15) is 37.2 Å². The molecule has 1 aromatic carbocycles. The summed E-state index contributed by atoms with van der Waals surface area (Å²) in [6.45, 7) is 5.31. The van der Waals surface area contributed by atoms with Crippen molar-refractivity contribution in [2.75, 3.05) is 26.8 Å². The number of nitrogens with zero attached hydrogens (tertiary/aromatic N) is 3. The molecule has 0 spiro atoms. The lowest BCUT2D eigenvalue weighted by atomic mass is 9.98. The summed E-state index contributed by atoms with van der Waals surface area (Å²) in [5, 5.41) is 4.38. The van der Waals surface area contributed by atoms with Crippen LogP contribution in [-0.2, 0) is 16.1 Å². The van der Waals surface area contributed by atoms with E-state index in [-0.39, 0.29) is 23.5 Å². The van der Waals surface area contributed by atoms with Crippen molar-refractivity contribution in [1.82, 2.24) is 14.7 Å². The van der Waals surface area contributed by atoms with Crippen molar-refractivity contribution < 1.29 is 23.5 Å². The fourth-order valence-corrected chi connectivity index (χ4v) is 3.59. The summed E-state index contributed by atoms with van der Waals surface area (Å²) in [5.74, 6) is -0.882. The molecule has 0 N–H and O–H groups in total. The van der Waals surface area contributed by atoms with E-state index in [1.54, 1.807) is 34.7 Å². The van der Waals surface area contributed by atoms with Gasteiger partial charge < -0.3 is 14.4 Å². The van der Waals surface area contributed by atoms with Crippen LogP contribution in [0, 0.1) is 11.7 Å². The SMILES string of the molecule is CCOC(=O)C1CCCN(C(=O)c2cc(-c3ccc(OC)cc3F)n(CC)n2)C1. The van der Waals surface area contributed by atoms with Crippen molar-refractivity contribution in [1.29, 1.82) is 0 Å². The van der Waals surface area contributed by atoms with Gasteiger partial charge >= 0.3 is 5.97 Å². The first-order valence-electron chi connectivity index (χ1n) is 9.86. The van der Waals surface area contributed by atoms with Crippen LogP contribution in [0.25, 0.3) is 11.3 Å². The molecule has 29 heavy (non-hydrogen) atoms. The number of hydrogen-bond donors (Lipinski definition) is 0. The molecule has 0 aliphatic carbocycles. The molecule has 1 aliphatic heterocycles. The third-order valence-corrected chi connectivity index (χ3v) is 5.08. The molecule has 0 saturated carbocycles. The third-order valence-electron chi connectivity index (χ3n) is 5.08. The Bertz CT molecular complexity index is 896. The van der Waals surface area contributed by atoms with E-state index in [1.807, 2.05) is 6.92 Å². The predicted octanol–water partition coefficient (Wildman–Crippen LogP) is 3.13. The number of ether oxygens (including phenoxy) is 2. The molecule has 0 radical (unpaired) electrons. The van der Waals surface area contributed by atoms with Gasteiger partial charge in [-0.2, -0.15) is 5.10 Å². The van der Waals surface area contributed by atoms with Crippen molar-refractivity contribution in [2.45, 2.75) is 33.2 Å². The van der Waals surface area contributed by atoms with Crippen LogP contribution in [0.5, 0.6) is 5.75 Å². The lowest BCUT2D eigenvalue weighted by Gasteiger charge is -2.31. The minimum atomic E-state index is -0.446. The highest BCUT2D eigenvalue weighted by Gasteiger charge is 2.31. The van der Waals surface area contributed by atoms with Crippen molar-refractivity contribution in [3.63, 3.8) is 0 Å². The van der Waals surface area contributed by atoms with Crippen LogP contribution in [0.15, 0.2) is 24.3 Å². The van der Waals surface area contributed by atoms with E-state index in [2.05, 4.69) is 5.10 Å². The van der Waals surface area contributed by atoms with E-state index >= 15 is 0 Å². The number of piperidine rings is 1. The number of aryl methyl sites for hydroxylation is 1. The van der Waals surface area contributed by atoms with Gasteiger partial charge in [-0.15, -0.1) is 0 Å². The fraction of sp³-hybridized carbons (Fsp3) is 0.476. The Kier molecular flexibility index (Phi) is 6.51. The number of likely N-dealkylation sites (tertiary alicyclic amines) is 1. The first kappa shape index (κ1) is 20.8. The fourth-order valence-electron chi connectivity index (χ4n) is 3.59. The molecular formula is C21H26FN3O4. The molecule has 1 saturated heterocycles.